The predicted octanol–water partition coefficient (Wildman–Crippen LogP) is 3.49. The Hall–Kier alpha value is -2.59. The van der Waals surface area contributed by atoms with Crippen LogP contribution in [-0.4, -0.2) is 29.1 Å². The minimum absolute atomic E-state index is 0.0522. The number of carbonyl (C=O) groups excluding carboxylic acids is 1. The molecule has 1 fully saturated rings. The molecule has 2 heterocycles. The largest absolute Gasteiger partial charge is 0.396 e. The molecule has 4 heteroatoms. The molecule has 0 aliphatic carbocycles. The zero-order valence-corrected chi connectivity index (χ0v) is 13.6. The number of fused-ring (bicyclic) bond motifs is 1. The van der Waals surface area contributed by atoms with Crippen molar-refractivity contribution in [1.29, 1.82) is 0 Å². The minimum atomic E-state index is 0.0522. The third kappa shape index (κ3) is 2.59. The molecule has 1 unspecified atom stereocenters. The molecule has 1 aromatic heterocycles. The van der Waals surface area contributed by atoms with E-state index in [0.29, 0.717) is 13.0 Å². The molecule has 4 rings (SSSR count). The Balaban J connectivity index is 1.62. The Labute approximate surface area is 140 Å². The molecule has 122 valence electrons. The summed E-state index contributed by atoms with van der Waals surface area (Å²) in [7, 11) is 0. The zero-order valence-electron chi connectivity index (χ0n) is 13.6. The van der Waals surface area contributed by atoms with E-state index in [1.165, 1.54) is 5.39 Å². The van der Waals surface area contributed by atoms with Crippen LogP contribution >= 0.6 is 0 Å². The van der Waals surface area contributed by atoms with Crippen LogP contribution in [-0.2, 0) is 4.79 Å². The number of H-pyrrole nitrogens is 1. The number of benzene rings is 2. The van der Waals surface area contributed by atoms with Gasteiger partial charge in [-0.2, -0.15) is 0 Å². The molecule has 1 aliphatic heterocycles. The first kappa shape index (κ1) is 15.0. The fraction of sp³-hybridized carbons (Fsp3) is 0.250. The molecule has 1 saturated heterocycles. The summed E-state index contributed by atoms with van der Waals surface area (Å²) < 4.78 is 0. The molecule has 2 N–H and O–H groups in total. The normalized spacial score (nSPS) is 17.8. The van der Waals surface area contributed by atoms with Gasteiger partial charge < -0.3 is 15.0 Å². The van der Waals surface area contributed by atoms with Gasteiger partial charge in [0.15, 0.2) is 0 Å². The quantitative estimate of drug-likeness (QED) is 0.776. The van der Waals surface area contributed by atoms with Gasteiger partial charge in [0.2, 0.25) is 5.91 Å². The molecule has 0 bridgehead atoms. The van der Waals surface area contributed by atoms with Gasteiger partial charge >= 0.3 is 0 Å². The molecule has 0 saturated carbocycles. The Morgan fingerprint density at radius 1 is 1.12 bits per heavy atom. The number of nitrogens with one attached hydrogen (secondary N) is 1. The van der Waals surface area contributed by atoms with Crippen LogP contribution in [0.5, 0.6) is 0 Å². The number of carbonyl (C=O) groups is 1. The number of hydrogen-bond acceptors (Lipinski definition) is 2. The van der Waals surface area contributed by atoms with Crippen LogP contribution in [0.4, 0.5) is 5.69 Å². The summed E-state index contributed by atoms with van der Waals surface area (Å²) >= 11 is 0. The number of aromatic amines is 1. The summed E-state index contributed by atoms with van der Waals surface area (Å²) in [5.74, 6) is 0.141. The maximum absolute atomic E-state index is 12.1. The van der Waals surface area contributed by atoms with E-state index in [9.17, 15) is 9.90 Å². The highest BCUT2D eigenvalue weighted by Crippen LogP contribution is 2.29. The van der Waals surface area contributed by atoms with Crippen LogP contribution in [0.3, 0.4) is 0 Å². The van der Waals surface area contributed by atoms with E-state index in [4.69, 9.17) is 0 Å². The second-order valence-corrected chi connectivity index (χ2v) is 6.56. The lowest BCUT2D eigenvalue weighted by Gasteiger charge is -2.17. The number of aryl methyl sites for hydroxylation is 1. The van der Waals surface area contributed by atoms with Gasteiger partial charge in [0.1, 0.15) is 0 Å². The van der Waals surface area contributed by atoms with E-state index in [1.54, 1.807) is 4.90 Å². The van der Waals surface area contributed by atoms with Crippen molar-refractivity contribution in [2.24, 2.45) is 5.92 Å². The maximum Gasteiger partial charge on any atom is 0.227 e. The lowest BCUT2D eigenvalue weighted by atomic mass is 10.0. The molecular formula is C20H20N2O2. The Morgan fingerprint density at radius 3 is 2.58 bits per heavy atom. The number of rotatable bonds is 3. The number of aliphatic hydroxyl groups excluding tert-OH is 1. The first-order valence-electron chi connectivity index (χ1n) is 8.25. The summed E-state index contributed by atoms with van der Waals surface area (Å²) in [5.41, 5.74) is 5.49. The summed E-state index contributed by atoms with van der Waals surface area (Å²) in [4.78, 5) is 17.2. The van der Waals surface area contributed by atoms with Gasteiger partial charge in [0, 0.05) is 47.8 Å². The van der Waals surface area contributed by atoms with Crippen molar-refractivity contribution >= 4 is 22.5 Å². The van der Waals surface area contributed by atoms with Crippen LogP contribution in [0, 0.1) is 12.8 Å². The van der Waals surface area contributed by atoms with Gasteiger partial charge in [-0.05, 0) is 48.4 Å². The van der Waals surface area contributed by atoms with Crippen LogP contribution in [0.15, 0.2) is 48.5 Å². The summed E-state index contributed by atoms with van der Waals surface area (Å²) in [6, 6.07) is 16.6. The van der Waals surface area contributed by atoms with Crippen molar-refractivity contribution in [2.75, 3.05) is 18.1 Å². The minimum Gasteiger partial charge on any atom is -0.396 e. The number of hydrogen-bond donors (Lipinski definition) is 2. The molecule has 0 spiro atoms. The SMILES string of the molecule is Cc1cc2cc(-c3ccc(N4CC(CO)CC4=O)cc3)ccc2[nH]1. The van der Waals surface area contributed by atoms with Crippen LogP contribution < -0.4 is 4.90 Å². The van der Waals surface area contributed by atoms with Crippen molar-refractivity contribution in [2.45, 2.75) is 13.3 Å². The predicted molar refractivity (Wildman–Crippen MR) is 96.0 cm³/mol. The van der Waals surface area contributed by atoms with Crippen LogP contribution in [0.1, 0.15) is 12.1 Å². The average molecular weight is 320 g/mol. The molecule has 0 radical (unpaired) electrons. The zero-order chi connectivity index (χ0) is 16.7. The standard InChI is InChI=1S/C20H20N2O2/c1-13-8-17-10-16(4-7-19(17)21-13)15-2-5-18(6-3-15)22-11-14(12-23)9-20(22)24/h2-8,10,14,21,23H,9,11-12H2,1H3. The molecule has 3 aromatic rings. The monoisotopic (exact) mass is 320 g/mol. The second kappa shape index (κ2) is 5.80. The molecule has 2 aromatic carbocycles. The van der Waals surface area contributed by atoms with Gasteiger partial charge in [-0.25, -0.2) is 0 Å². The summed E-state index contributed by atoms with van der Waals surface area (Å²) in [6.45, 7) is 2.72. The van der Waals surface area contributed by atoms with Gasteiger partial charge in [-0.1, -0.05) is 18.2 Å². The van der Waals surface area contributed by atoms with E-state index in [-0.39, 0.29) is 18.4 Å². The third-order valence-corrected chi connectivity index (χ3v) is 4.73. The number of aliphatic hydroxyl groups is 1. The fourth-order valence-corrected chi connectivity index (χ4v) is 3.44. The number of amides is 1. The lowest BCUT2D eigenvalue weighted by molar-refractivity contribution is -0.117. The number of anilines is 1. The summed E-state index contributed by atoms with van der Waals surface area (Å²) in [5, 5.41) is 10.5. The smallest absolute Gasteiger partial charge is 0.227 e. The Morgan fingerprint density at radius 2 is 1.88 bits per heavy atom. The first-order chi connectivity index (χ1) is 11.6. The highest BCUT2D eigenvalue weighted by Gasteiger charge is 2.29. The van der Waals surface area contributed by atoms with E-state index in [0.717, 1.165) is 28.0 Å². The fourth-order valence-electron chi connectivity index (χ4n) is 3.44. The third-order valence-electron chi connectivity index (χ3n) is 4.73. The van der Waals surface area contributed by atoms with Crippen LogP contribution in [0.25, 0.3) is 22.0 Å². The maximum atomic E-state index is 12.1. The highest BCUT2D eigenvalue weighted by atomic mass is 16.3. The van der Waals surface area contributed by atoms with Gasteiger partial charge in [0.05, 0.1) is 0 Å². The molecule has 1 amide bonds. The topological polar surface area (TPSA) is 56.3 Å². The molecule has 4 nitrogen and oxygen atoms in total. The molecular weight excluding hydrogens is 300 g/mol. The van der Waals surface area contributed by atoms with E-state index in [1.807, 2.05) is 12.1 Å². The van der Waals surface area contributed by atoms with Crippen LogP contribution in [0.2, 0.25) is 0 Å². The van der Waals surface area contributed by atoms with E-state index < -0.39 is 0 Å². The average Bonchev–Trinajstić information content (AvgIpc) is 3.15. The second-order valence-electron chi connectivity index (χ2n) is 6.56. The highest BCUT2D eigenvalue weighted by molar-refractivity contribution is 5.96. The first-order valence-corrected chi connectivity index (χ1v) is 8.25. The van der Waals surface area contributed by atoms with Crippen molar-refractivity contribution in [3.05, 3.63) is 54.2 Å². The number of nitrogens with zero attached hydrogens (tertiary/aromatic N) is 1. The molecule has 1 aliphatic rings. The van der Waals surface area contributed by atoms with Crippen molar-refractivity contribution in [3.63, 3.8) is 0 Å². The van der Waals surface area contributed by atoms with E-state index in [2.05, 4.69) is 48.3 Å². The number of aromatic nitrogens is 1. The van der Waals surface area contributed by atoms with Gasteiger partial charge in [-0.15, -0.1) is 0 Å². The van der Waals surface area contributed by atoms with Crippen molar-refractivity contribution < 1.29 is 9.90 Å². The van der Waals surface area contributed by atoms with Crippen molar-refractivity contribution in [3.8, 4) is 11.1 Å². The van der Waals surface area contributed by atoms with Gasteiger partial charge in [-0.3, -0.25) is 4.79 Å². The Bertz CT molecular complexity index is 896. The Kier molecular flexibility index (Phi) is 3.62. The molecule has 24 heavy (non-hydrogen) atoms. The van der Waals surface area contributed by atoms with E-state index >= 15 is 0 Å². The molecule has 1 atom stereocenters. The van der Waals surface area contributed by atoms with Crippen molar-refractivity contribution in [1.82, 2.24) is 4.98 Å². The lowest BCUT2D eigenvalue weighted by Crippen LogP contribution is -2.24. The van der Waals surface area contributed by atoms with Gasteiger partial charge in [0.25, 0.3) is 0 Å². The summed E-state index contributed by atoms with van der Waals surface area (Å²) in [6.07, 6.45) is 0.432.